The van der Waals surface area contributed by atoms with E-state index in [-0.39, 0.29) is 11.7 Å². The first kappa shape index (κ1) is 21.8. The first-order valence-electron chi connectivity index (χ1n) is 10.1. The Balaban J connectivity index is 1.54. The SMILES string of the molecule is COc1cc(C=Cc2nnc(C(CCCl)c3ccc(F)cc3)o2)ccc1-n1cnc(C)c1. The zero-order valence-electron chi connectivity index (χ0n) is 17.7. The third-order valence-corrected chi connectivity index (χ3v) is 5.25. The molecule has 0 radical (unpaired) electrons. The highest BCUT2D eigenvalue weighted by Crippen LogP contribution is 2.29. The third kappa shape index (κ3) is 4.89. The molecule has 0 fully saturated rings. The van der Waals surface area contributed by atoms with Crippen molar-refractivity contribution in [2.24, 2.45) is 0 Å². The van der Waals surface area contributed by atoms with E-state index < -0.39 is 0 Å². The fourth-order valence-corrected chi connectivity index (χ4v) is 3.64. The molecule has 0 aliphatic heterocycles. The maximum absolute atomic E-state index is 13.3. The molecule has 0 aliphatic carbocycles. The first-order chi connectivity index (χ1) is 15.6. The molecular formula is C24H22ClFN4O2. The lowest BCUT2D eigenvalue weighted by Gasteiger charge is -2.11. The van der Waals surface area contributed by atoms with Crippen molar-refractivity contribution < 1.29 is 13.5 Å². The molecule has 2 aromatic heterocycles. The molecular weight excluding hydrogens is 431 g/mol. The molecule has 2 heterocycles. The van der Waals surface area contributed by atoms with E-state index in [1.165, 1.54) is 12.1 Å². The minimum Gasteiger partial charge on any atom is -0.495 e. The largest absolute Gasteiger partial charge is 0.495 e. The van der Waals surface area contributed by atoms with Crippen molar-refractivity contribution in [3.63, 3.8) is 0 Å². The molecule has 1 unspecified atom stereocenters. The summed E-state index contributed by atoms with van der Waals surface area (Å²) in [4.78, 5) is 4.26. The topological polar surface area (TPSA) is 66.0 Å². The van der Waals surface area contributed by atoms with Gasteiger partial charge in [-0.3, -0.25) is 0 Å². The van der Waals surface area contributed by atoms with Gasteiger partial charge in [0.15, 0.2) is 0 Å². The van der Waals surface area contributed by atoms with Gasteiger partial charge in [0.1, 0.15) is 11.6 Å². The molecule has 164 valence electrons. The number of rotatable bonds is 8. The Bertz CT molecular complexity index is 1220. The van der Waals surface area contributed by atoms with Gasteiger partial charge in [-0.05, 0) is 54.8 Å². The second kappa shape index (κ2) is 9.78. The molecule has 0 saturated heterocycles. The van der Waals surface area contributed by atoms with Crippen LogP contribution in [0.25, 0.3) is 17.8 Å². The predicted octanol–water partition coefficient (Wildman–Crippen LogP) is 5.64. The van der Waals surface area contributed by atoms with Gasteiger partial charge in [-0.15, -0.1) is 21.8 Å². The van der Waals surface area contributed by atoms with E-state index in [0.29, 0.717) is 29.8 Å². The molecule has 0 bridgehead atoms. The zero-order valence-corrected chi connectivity index (χ0v) is 18.5. The van der Waals surface area contributed by atoms with Gasteiger partial charge in [-0.1, -0.05) is 18.2 Å². The Kier molecular flexibility index (Phi) is 6.66. The average Bonchev–Trinajstić information content (AvgIpc) is 3.45. The van der Waals surface area contributed by atoms with Gasteiger partial charge < -0.3 is 13.7 Å². The molecule has 0 saturated carbocycles. The molecule has 2 aromatic carbocycles. The lowest BCUT2D eigenvalue weighted by atomic mass is 9.96. The highest BCUT2D eigenvalue weighted by atomic mass is 35.5. The first-order valence-corrected chi connectivity index (χ1v) is 10.6. The fraction of sp³-hybridized carbons (Fsp3) is 0.208. The standard InChI is InChI=1S/C24H22ClFN4O2/c1-16-14-30(15-27-16)21-9-3-17(13-22(21)31-2)4-10-23-28-29-24(32-23)20(11-12-25)18-5-7-19(26)8-6-18/h3-10,13-15,20H,11-12H2,1-2H3. The highest BCUT2D eigenvalue weighted by molar-refractivity contribution is 6.17. The lowest BCUT2D eigenvalue weighted by molar-refractivity contribution is 0.413. The van der Waals surface area contributed by atoms with E-state index in [4.69, 9.17) is 20.8 Å². The summed E-state index contributed by atoms with van der Waals surface area (Å²) in [5, 5.41) is 8.30. The molecule has 0 amide bonds. The number of hydrogen-bond acceptors (Lipinski definition) is 5. The summed E-state index contributed by atoms with van der Waals surface area (Å²) < 4.78 is 26.6. The minimum absolute atomic E-state index is 0.194. The van der Waals surface area contributed by atoms with Gasteiger partial charge in [0, 0.05) is 18.2 Å². The van der Waals surface area contributed by atoms with Crippen molar-refractivity contribution in [3.05, 3.63) is 89.4 Å². The Morgan fingerprint density at radius 2 is 1.97 bits per heavy atom. The van der Waals surface area contributed by atoms with Crippen LogP contribution in [0.5, 0.6) is 5.75 Å². The fourth-order valence-electron chi connectivity index (χ4n) is 3.42. The van der Waals surface area contributed by atoms with Crippen LogP contribution in [0, 0.1) is 12.7 Å². The number of methoxy groups -OCH3 is 1. The van der Waals surface area contributed by atoms with Crippen LogP contribution in [-0.4, -0.2) is 32.7 Å². The molecule has 0 spiro atoms. The van der Waals surface area contributed by atoms with Gasteiger partial charge in [-0.2, -0.15) is 0 Å². The van der Waals surface area contributed by atoms with Crippen molar-refractivity contribution in [1.82, 2.24) is 19.7 Å². The Hall–Kier alpha value is -3.45. The van der Waals surface area contributed by atoms with E-state index in [2.05, 4.69) is 15.2 Å². The van der Waals surface area contributed by atoms with Crippen LogP contribution < -0.4 is 4.74 Å². The molecule has 6 nitrogen and oxygen atoms in total. The summed E-state index contributed by atoms with van der Waals surface area (Å²) in [5.41, 5.74) is 3.61. The number of halogens is 2. The van der Waals surface area contributed by atoms with Crippen LogP contribution >= 0.6 is 11.6 Å². The second-order valence-electron chi connectivity index (χ2n) is 7.25. The number of ether oxygens (including phenoxy) is 1. The van der Waals surface area contributed by atoms with Gasteiger partial charge in [-0.25, -0.2) is 9.37 Å². The van der Waals surface area contributed by atoms with Crippen LogP contribution in [0.4, 0.5) is 4.39 Å². The van der Waals surface area contributed by atoms with Crippen LogP contribution in [-0.2, 0) is 0 Å². The van der Waals surface area contributed by atoms with E-state index in [1.807, 2.05) is 42.0 Å². The highest BCUT2D eigenvalue weighted by Gasteiger charge is 2.20. The van der Waals surface area contributed by atoms with E-state index in [0.717, 1.165) is 22.5 Å². The summed E-state index contributed by atoms with van der Waals surface area (Å²) in [6.45, 7) is 1.94. The Labute approximate surface area is 190 Å². The predicted molar refractivity (Wildman–Crippen MR) is 122 cm³/mol. The van der Waals surface area contributed by atoms with Crippen molar-refractivity contribution in [1.29, 1.82) is 0 Å². The van der Waals surface area contributed by atoms with E-state index in [9.17, 15) is 4.39 Å². The maximum atomic E-state index is 13.3. The zero-order chi connectivity index (χ0) is 22.5. The Morgan fingerprint density at radius 1 is 1.16 bits per heavy atom. The van der Waals surface area contributed by atoms with Crippen LogP contribution in [0.2, 0.25) is 0 Å². The monoisotopic (exact) mass is 452 g/mol. The molecule has 0 N–H and O–H groups in total. The van der Waals surface area contributed by atoms with Crippen LogP contribution in [0.15, 0.2) is 59.4 Å². The van der Waals surface area contributed by atoms with Crippen molar-refractivity contribution in [2.75, 3.05) is 13.0 Å². The molecule has 8 heteroatoms. The number of imidazole rings is 1. The Morgan fingerprint density at radius 3 is 2.66 bits per heavy atom. The molecule has 32 heavy (non-hydrogen) atoms. The number of aromatic nitrogens is 4. The molecule has 0 aliphatic rings. The number of benzene rings is 2. The number of hydrogen-bond donors (Lipinski definition) is 0. The summed E-state index contributed by atoms with van der Waals surface area (Å²) in [6, 6.07) is 12.1. The maximum Gasteiger partial charge on any atom is 0.240 e. The number of aryl methyl sites for hydroxylation is 1. The average molecular weight is 453 g/mol. The van der Waals surface area contributed by atoms with Crippen LogP contribution in [0.1, 0.15) is 40.9 Å². The summed E-state index contributed by atoms with van der Waals surface area (Å²) >= 11 is 5.97. The van der Waals surface area contributed by atoms with E-state index in [1.54, 1.807) is 31.6 Å². The van der Waals surface area contributed by atoms with Gasteiger partial charge in [0.2, 0.25) is 11.8 Å². The van der Waals surface area contributed by atoms with Crippen molar-refractivity contribution in [3.8, 4) is 11.4 Å². The summed E-state index contributed by atoms with van der Waals surface area (Å²) in [5.74, 6) is 1.46. The second-order valence-corrected chi connectivity index (χ2v) is 7.63. The lowest BCUT2D eigenvalue weighted by Crippen LogP contribution is -2.03. The van der Waals surface area contributed by atoms with Crippen molar-refractivity contribution >= 4 is 23.8 Å². The number of nitrogens with zero attached hydrogens (tertiary/aromatic N) is 4. The summed E-state index contributed by atoms with van der Waals surface area (Å²) in [7, 11) is 1.63. The van der Waals surface area contributed by atoms with Crippen LogP contribution in [0.3, 0.4) is 0 Å². The van der Waals surface area contributed by atoms with Gasteiger partial charge in [0.05, 0.1) is 30.7 Å². The quantitative estimate of drug-likeness (QED) is 0.323. The third-order valence-electron chi connectivity index (χ3n) is 5.04. The molecule has 4 aromatic rings. The van der Waals surface area contributed by atoms with Crippen molar-refractivity contribution in [2.45, 2.75) is 19.3 Å². The molecule has 4 rings (SSSR count). The smallest absolute Gasteiger partial charge is 0.240 e. The van der Waals surface area contributed by atoms with Gasteiger partial charge in [0.25, 0.3) is 0 Å². The molecule has 1 atom stereocenters. The summed E-state index contributed by atoms with van der Waals surface area (Å²) in [6.07, 6.45) is 7.91. The van der Waals surface area contributed by atoms with E-state index >= 15 is 0 Å². The number of alkyl halides is 1. The van der Waals surface area contributed by atoms with Gasteiger partial charge >= 0.3 is 0 Å². The normalized spacial score (nSPS) is 12.4. The minimum atomic E-state index is -0.294.